The molecule has 1 aliphatic rings. The molecule has 0 N–H and O–H groups in total. The van der Waals surface area contributed by atoms with Crippen molar-refractivity contribution in [2.45, 2.75) is 38.2 Å². The predicted molar refractivity (Wildman–Crippen MR) is 44.8 cm³/mol. The minimum absolute atomic E-state index is 0.146. The van der Waals surface area contributed by atoms with Crippen molar-refractivity contribution in [3.8, 4) is 0 Å². The smallest absolute Gasteiger partial charge is 0.305 e. The summed E-state index contributed by atoms with van der Waals surface area (Å²) in [7, 11) is 1.41. The lowest BCUT2D eigenvalue weighted by Gasteiger charge is -2.25. The quantitative estimate of drug-likeness (QED) is 0.466. The van der Waals surface area contributed by atoms with Gasteiger partial charge in [0, 0.05) is 13.0 Å². The maximum Gasteiger partial charge on any atom is 0.305 e. The molecule has 0 saturated heterocycles. The van der Waals surface area contributed by atoms with Gasteiger partial charge in [-0.15, -0.1) is 0 Å². The van der Waals surface area contributed by atoms with E-state index < -0.39 is 0 Å². The van der Waals surface area contributed by atoms with Gasteiger partial charge in [0.05, 0.1) is 13.2 Å². The van der Waals surface area contributed by atoms with E-state index in [4.69, 9.17) is 4.74 Å². The number of rotatable bonds is 5. The van der Waals surface area contributed by atoms with Crippen molar-refractivity contribution in [3.05, 3.63) is 0 Å². The molecule has 0 bridgehead atoms. The third-order valence-corrected chi connectivity index (χ3v) is 2.16. The van der Waals surface area contributed by atoms with Crippen molar-refractivity contribution in [1.29, 1.82) is 0 Å². The molecule has 70 valence electrons. The predicted octanol–water partition coefficient (Wildman–Crippen LogP) is 1.51. The Hall–Kier alpha value is -0.570. The lowest BCUT2D eigenvalue weighted by atomic mass is 9.96. The standard InChI is InChI=1S/C9H16O3/c1-11-9(10)6-3-7-12-8-4-2-5-8/h8H,2-7H2,1H3. The van der Waals surface area contributed by atoms with E-state index in [1.807, 2.05) is 0 Å². The molecule has 0 amide bonds. The van der Waals surface area contributed by atoms with E-state index in [1.54, 1.807) is 0 Å². The van der Waals surface area contributed by atoms with Crippen LogP contribution in [-0.4, -0.2) is 25.8 Å². The summed E-state index contributed by atoms with van der Waals surface area (Å²) in [6.07, 6.45) is 5.41. The normalized spacial score (nSPS) is 17.1. The van der Waals surface area contributed by atoms with Crippen molar-refractivity contribution in [2.75, 3.05) is 13.7 Å². The highest BCUT2D eigenvalue weighted by atomic mass is 16.5. The van der Waals surface area contributed by atoms with Crippen molar-refractivity contribution in [2.24, 2.45) is 0 Å². The van der Waals surface area contributed by atoms with E-state index in [9.17, 15) is 4.79 Å². The van der Waals surface area contributed by atoms with E-state index in [-0.39, 0.29) is 5.97 Å². The first kappa shape index (κ1) is 9.52. The highest BCUT2D eigenvalue weighted by molar-refractivity contribution is 5.68. The van der Waals surface area contributed by atoms with Crippen molar-refractivity contribution < 1.29 is 14.3 Å². The van der Waals surface area contributed by atoms with Crippen LogP contribution in [0.15, 0.2) is 0 Å². The molecule has 3 heteroatoms. The summed E-state index contributed by atoms with van der Waals surface area (Å²) in [6.45, 7) is 0.694. The summed E-state index contributed by atoms with van der Waals surface area (Å²) in [6, 6.07) is 0. The Morgan fingerprint density at radius 1 is 1.50 bits per heavy atom. The lowest BCUT2D eigenvalue weighted by Crippen LogP contribution is -2.22. The van der Waals surface area contributed by atoms with E-state index in [1.165, 1.54) is 26.4 Å². The van der Waals surface area contributed by atoms with Gasteiger partial charge in [-0.1, -0.05) is 0 Å². The Kier molecular flexibility index (Phi) is 4.08. The Morgan fingerprint density at radius 3 is 2.75 bits per heavy atom. The molecular formula is C9H16O3. The molecule has 3 nitrogen and oxygen atoms in total. The van der Waals surface area contributed by atoms with Crippen LogP contribution >= 0.6 is 0 Å². The Balaban J connectivity index is 1.85. The monoisotopic (exact) mass is 172 g/mol. The van der Waals surface area contributed by atoms with Gasteiger partial charge in [-0.05, 0) is 25.7 Å². The molecule has 1 rings (SSSR count). The first-order valence-electron chi connectivity index (χ1n) is 4.51. The number of ether oxygens (including phenoxy) is 2. The molecular weight excluding hydrogens is 156 g/mol. The molecule has 1 fully saturated rings. The average Bonchev–Trinajstić information content (AvgIpc) is 2.00. The van der Waals surface area contributed by atoms with E-state index >= 15 is 0 Å². The molecule has 0 unspecified atom stereocenters. The number of esters is 1. The topological polar surface area (TPSA) is 35.5 Å². The van der Waals surface area contributed by atoms with Gasteiger partial charge in [0.2, 0.25) is 0 Å². The summed E-state index contributed by atoms with van der Waals surface area (Å²) in [5.74, 6) is -0.146. The molecule has 0 heterocycles. The zero-order chi connectivity index (χ0) is 8.81. The fourth-order valence-electron chi connectivity index (χ4n) is 1.11. The number of carbonyl (C=O) groups excluding carboxylic acids is 1. The summed E-state index contributed by atoms with van der Waals surface area (Å²) >= 11 is 0. The first-order valence-corrected chi connectivity index (χ1v) is 4.51. The lowest BCUT2D eigenvalue weighted by molar-refractivity contribution is -0.141. The van der Waals surface area contributed by atoms with Gasteiger partial charge in [-0.3, -0.25) is 4.79 Å². The van der Waals surface area contributed by atoms with Gasteiger partial charge in [-0.25, -0.2) is 0 Å². The first-order chi connectivity index (χ1) is 5.83. The molecule has 0 aliphatic heterocycles. The van der Waals surface area contributed by atoms with Gasteiger partial charge < -0.3 is 9.47 Å². The van der Waals surface area contributed by atoms with Crippen LogP contribution in [0.1, 0.15) is 32.1 Å². The van der Waals surface area contributed by atoms with Gasteiger partial charge in [-0.2, -0.15) is 0 Å². The second-order valence-electron chi connectivity index (χ2n) is 3.10. The molecule has 0 radical (unpaired) electrons. The molecule has 12 heavy (non-hydrogen) atoms. The number of hydrogen-bond acceptors (Lipinski definition) is 3. The molecule has 0 aromatic rings. The van der Waals surface area contributed by atoms with E-state index in [2.05, 4.69) is 4.74 Å². The minimum atomic E-state index is -0.146. The molecule has 0 aromatic heterocycles. The number of hydrogen-bond donors (Lipinski definition) is 0. The van der Waals surface area contributed by atoms with Crippen LogP contribution in [0.4, 0.5) is 0 Å². The van der Waals surface area contributed by atoms with Crippen LogP contribution < -0.4 is 0 Å². The van der Waals surface area contributed by atoms with Crippen LogP contribution in [-0.2, 0) is 14.3 Å². The SMILES string of the molecule is COC(=O)CCCOC1CCC1. The Morgan fingerprint density at radius 2 is 2.25 bits per heavy atom. The fraction of sp³-hybridized carbons (Fsp3) is 0.889. The molecule has 0 spiro atoms. The number of methoxy groups -OCH3 is 1. The van der Waals surface area contributed by atoms with Gasteiger partial charge in [0.25, 0.3) is 0 Å². The molecule has 1 aliphatic carbocycles. The Bertz CT molecular complexity index is 141. The van der Waals surface area contributed by atoms with E-state index in [0.717, 1.165) is 6.42 Å². The third-order valence-electron chi connectivity index (χ3n) is 2.16. The van der Waals surface area contributed by atoms with Crippen LogP contribution in [0.5, 0.6) is 0 Å². The Labute approximate surface area is 73.0 Å². The van der Waals surface area contributed by atoms with Crippen LogP contribution in [0.25, 0.3) is 0 Å². The summed E-state index contributed by atoms with van der Waals surface area (Å²) in [4.78, 5) is 10.7. The van der Waals surface area contributed by atoms with Crippen molar-refractivity contribution in [1.82, 2.24) is 0 Å². The highest BCUT2D eigenvalue weighted by Crippen LogP contribution is 2.21. The average molecular weight is 172 g/mol. The minimum Gasteiger partial charge on any atom is -0.469 e. The third kappa shape index (κ3) is 3.22. The second kappa shape index (κ2) is 5.14. The molecule has 0 aromatic carbocycles. The number of carbonyl (C=O) groups is 1. The molecule has 1 saturated carbocycles. The second-order valence-corrected chi connectivity index (χ2v) is 3.10. The van der Waals surface area contributed by atoms with Crippen LogP contribution in [0, 0.1) is 0 Å². The van der Waals surface area contributed by atoms with Gasteiger partial charge in [0.1, 0.15) is 0 Å². The van der Waals surface area contributed by atoms with Gasteiger partial charge >= 0.3 is 5.97 Å². The summed E-state index contributed by atoms with van der Waals surface area (Å²) in [5.41, 5.74) is 0. The summed E-state index contributed by atoms with van der Waals surface area (Å²) < 4.78 is 9.97. The van der Waals surface area contributed by atoms with E-state index in [0.29, 0.717) is 19.1 Å². The van der Waals surface area contributed by atoms with Gasteiger partial charge in [0.15, 0.2) is 0 Å². The van der Waals surface area contributed by atoms with Crippen molar-refractivity contribution >= 4 is 5.97 Å². The summed E-state index contributed by atoms with van der Waals surface area (Å²) in [5, 5.41) is 0. The maximum atomic E-state index is 10.7. The fourth-order valence-corrected chi connectivity index (χ4v) is 1.11. The zero-order valence-corrected chi connectivity index (χ0v) is 7.54. The van der Waals surface area contributed by atoms with Crippen LogP contribution in [0.3, 0.4) is 0 Å². The maximum absolute atomic E-state index is 10.7. The molecule has 0 atom stereocenters. The van der Waals surface area contributed by atoms with Crippen LogP contribution in [0.2, 0.25) is 0 Å². The highest BCUT2D eigenvalue weighted by Gasteiger charge is 2.17. The zero-order valence-electron chi connectivity index (χ0n) is 7.54. The largest absolute Gasteiger partial charge is 0.469 e. The van der Waals surface area contributed by atoms with Crippen molar-refractivity contribution in [3.63, 3.8) is 0 Å².